The van der Waals surface area contributed by atoms with Gasteiger partial charge in [-0.15, -0.1) is 0 Å². The standard InChI is InChI=1S/C25H21NO5/c1-14-3-4-15(2)17(11-14)12-16-5-7-20-24(30)19-8-6-18(13-21(19)31-25(16)20)26-22(27)9-10-23(28)29/h3-4,6,8-13H,5,7H2,1-2H3,(H,26,27)(H,28,29)/b10-9+,16-12?. The van der Waals surface area contributed by atoms with Crippen molar-refractivity contribution in [2.45, 2.75) is 26.7 Å². The molecule has 3 aromatic rings. The molecule has 1 aromatic heterocycles. The van der Waals surface area contributed by atoms with Gasteiger partial charge in [0, 0.05) is 29.5 Å². The molecule has 0 bridgehead atoms. The minimum absolute atomic E-state index is 0.0655. The van der Waals surface area contributed by atoms with Crippen LogP contribution in [0.25, 0.3) is 22.6 Å². The van der Waals surface area contributed by atoms with E-state index in [1.54, 1.807) is 18.2 Å². The number of carboxylic acid groups (broad SMARTS) is 1. The largest absolute Gasteiger partial charge is 0.478 e. The van der Waals surface area contributed by atoms with Crippen LogP contribution < -0.4 is 10.7 Å². The van der Waals surface area contributed by atoms with Crippen LogP contribution in [0.4, 0.5) is 5.69 Å². The maximum atomic E-state index is 13.0. The summed E-state index contributed by atoms with van der Waals surface area (Å²) in [5.41, 5.74) is 5.76. The third-order valence-corrected chi connectivity index (χ3v) is 5.33. The number of allylic oxidation sites excluding steroid dienone is 1. The molecule has 1 aliphatic carbocycles. The number of aryl methyl sites for hydroxylation is 2. The molecule has 0 unspecified atom stereocenters. The number of aliphatic carboxylic acids is 1. The van der Waals surface area contributed by atoms with Crippen molar-refractivity contribution in [3.8, 4) is 0 Å². The van der Waals surface area contributed by atoms with Gasteiger partial charge in [0.15, 0.2) is 5.43 Å². The van der Waals surface area contributed by atoms with E-state index in [-0.39, 0.29) is 5.43 Å². The molecule has 6 nitrogen and oxygen atoms in total. The van der Waals surface area contributed by atoms with Gasteiger partial charge in [0.1, 0.15) is 11.3 Å². The topological polar surface area (TPSA) is 96.6 Å². The Morgan fingerprint density at radius 2 is 1.87 bits per heavy atom. The summed E-state index contributed by atoms with van der Waals surface area (Å²) in [6.45, 7) is 4.09. The summed E-state index contributed by atoms with van der Waals surface area (Å²) in [6, 6.07) is 11.0. The van der Waals surface area contributed by atoms with Gasteiger partial charge in [-0.3, -0.25) is 9.59 Å². The number of carbonyl (C=O) groups is 2. The van der Waals surface area contributed by atoms with Gasteiger partial charge in [-0.05, 0) is 61.6 Å². The number of anilines is 1. The number of amides is 1. The number of nitrogens with one attached hydrogen (secondary N) is 1. The lowest BCUT2D eigenvalue weighted by atomic mass is 10.0. The lowest BCUT2D eigenvalue weighted by Gasteiger charge is -2.08. The summed E-state index contributed by atoms with van der Waals surface area (Å²) < 4.78 is 6.13. The SMILES string of the molecule is Cc1ccc(C)c(C=C2CCc3c2oc2cc(NC(=O)/C=C/C(=O)O)ccc2c3=O)c1. The molecular formula is C25H21NO5. The van der Waals surface area contributed by atoms with Crippen molar-refractivity contribution in [2.24, 2.45) is 0 Å². The smallest absolute Gasteiger partial charge is 0.328 e. The summed E-state index contributed by atoms with van der Waals surface area (Å²) in [5, 5.41) is 11.7. The highest BCUT2D eigenvalue weighted by atomic mass is 16.4. The molecule has 1 heterocycles. The van der Waals surface area contributed by atoms with Gasteiger partial charge < -0.3 is 14.8 Å². The average Bonchev–Trinajstić information content (AvgIpc) is 3.12. The normalized spacial score (nSPS) is 14.3. The highest BCUT2D eigenvalue weighted by Crippen LogP contribution is 2.35. The molecule has 0 saturated carbocycles. The maximum Gasteiger partial charge on any atom is 0.328 e. The van der Waals surface area contributed by atoms with Crippen molar-refractivity contribution in [2.75, 3.05) is 5.32 Å². The highest BCUT2D eigenvalue weighted by Gasteiger charge is 2.24. The molecule has 0 atom stereocenters. The molecule has 0 aliphatic heterocycles. The van der Waals surface area contributed by atoms with E-state index in [1.165, 1.54) is 0 Å². The first kappa shape index (κ1) is 20.3. The van der Waals surface area contributed by atoms with Gasteiger partial charge in [-0.25, -0.2) is 4.79 Å². The molecule has 0 spiro atoms. The summed E-state index contributed by atoms with van der Waals surface area (Å²) in [7, 11) is 0. The Bertz CT molecular complexity index is 1340. The van der Waals surface area contributed by atoms with Crippen molar-refractivity contribution in [1.82, 2.24) is 0 Å². The molecule has 4 rings (SSSR count). The fourth-order valence-electron chi connectivity index (χ4n) is 3.74. The fraction of sp³-hybridized carbons (Fsp3) is 0.160. The van der Waals surface area contributed by atoms with Crippen molar-refractivity contribution >= 4 is 40.2 Å². The Kier molecular flexibility index (Phi) is 5.29. The van der Waals surface area contributed by atoms with Crippen molar-refractivity contribution < 1.29 is 19.1 Å². The third-order valence-electron chi connectivity index (χ3n) is 5.33. The predicted molar refractivity (Wildman–Crippen MR) is 120 cm³/mol. The Morgan fingerprint density at radius 3 is 2.65 bits per heavy atom. The molecule has 0 fully saturated rings. The van der Waals surface area contributed by atoms with E-state index >= 15 is 0 Å². The highest BCUT2D eigenvalue weighted by molar-refractivity contribution is 6.03. The van der Waals surface area contributed by atoms with Gasteiger partial charge in [-0.2, -0.15) is 0 Å². The quantitative estimate of drug-likeness (QED) is 0.613. The average molecular weight is 415 g/mol. The van der Waals surface area contributed by atoms with Crippen LogP contribution in [0.3, 0.4) is 0 Å². The number of fused-ring (bicyclic) bond motifs is 2. The molecule has 1 amide bonds. The van der Waals surface area contributed by atoms with Gasteiger partial charge in [0.25, 0.3) is 0 Å². The maximum absolute atomic E-state index is 13.0. The number of carboxylic acids is 1. The Balaban J connectivity index is 1.74. The molecule has 0 saturated heterocycles. The number of hydrogen-bond acceptors (Lipinski definition) is 4. The van der Waals surface area contributed by atoms with Crippen LogP contribution in [0.5, 0.6) is 0 Å². The van der Waals surface area contributed by atoms with E-state index in [9.17, 15) is 14.4 Å². The van der Waals surface area contributed by atoms with Crippen LogP contribution in [0.2, 0.25) is 0 Å². The predicted octanol–water partition coefficient (Wildman–Crippen LogP) is 4.48. The first-order chi connectivity index (χ1) is 14.8. The van der Waals surface area contributed by atoms with E-state index in [1.807, 2.05) is 13.8 Å². The van der Waals surface area contributed by atoms with Crippen LogP contribution in [0.15, 0.2) is 57.8 Å². The minimum atomic E-state index is -1.21. The molecule has 156 valence electrons. The molecule has 2 N–H and O–H groups in total. The van der Waals surface area contributed by atoms with Crippen LogP contribution >= 0.6 is 0 Å². The zero-order chi connectivity index (χ0) is 22.1. The second-order valence-electron chi connectivity index (χ2n) is 7.64. The molecular weight excluding hydrogens is 394 g/mol. The molecule has 6 heteroatoms. The van der Waals surface area contributed by atoms with Crippen LogP contribution in [-0.2, 0) is 16.0 Å². The molecule has 1 aliphatic rings. The van der Waals surface area contributed by atoms with E-state index in [0.717, 1.165) is 40.8 Å². The molecule has 31 heavy (non-hydrogen) atoms. The summed E-state index contributed by atoms with van der Waals surface area (Å²) in [5.74, 6) is -1.20. The van der Waals surface area contributed by atoms with Crippen LogP contribution in [-0.4, -0.2) is 17.0 Å². The lowest BCUT2D eigenvalue weighted by molar-refractivity contribution is -0.131. The van der Waals surface area contributed by atoms with Crippen molar-refractivity contribution in [3.05, 3.63) is 86.8 Å². The number of carbonyl (C=O) groups excluding carboxylic acids is 1. The molecule has 0 radical (unpaired) electrons. The van der Waals surface area contributed by atoms with Gasteiger partial charge in [-0.1, -0.05) is 23.8 Å². The van der Waals surface area contributed by atoms with Gasteiger partial charge >= 0.3 is 5.97 Å². The summed E-state index contributed by atoms with van der Waals surface area (Å²) in [6.07, 6.45) is 5.11. The first-order valence-electron chi connectivity index (χ1n) is 9.92. The summed E-state index contributed by atoms with van der Waals surface area (Å²) >= 11 is 0. The van der Waals surface area contributed by atoms with E-state index in [4.69, 9.17) is 9.52 Å². The number of benzene rings is 2. The number of hydrogen-bond donors (Lipinski definition) is 2. The van der Waals surface area contributed by atoms with E-state index < -0.39 is 11.9 Å². The second kappa shape index (κ2) is 8.07. The zero-order valence-corrected chi connectivity index (χ0v) is 17.2. The van der Waals surface area contributed by atoms with Gasteiger partial charge in [0.2, 0.25) is 5.91 Å². The Labute approximate surface area is 178 Å². The Morgan fingerprint density at radius 1 is 1.06 bits per heavy atom. The minimum Gasteiger partial charge on any atom is -0.478 e. The first-order valence-corrected chi connectivity index (χ1v) is 9.92. The van der Waals surface area contributed by atoms with Gasteiger partial charge in [0.05, 0.1) is 5.39 Å². The van der Waals surface area contributed by atoms with E-state index in [2.05, 4.69) is 29.6 Å². The van der Waals surface area contributed by atoms with E-state index in [0.29, 0.717) is 34.4 Å². The fourth-order valence-corrected chi connectivity index (χ4v) is 3.74. The monoisotopic (exact) mass is 415 g/mol. The van der Waals surface area contributed by atoms with Crippen molar-refractivity contribution in [1.29, 1.82) is 0 Å². The van der Waals surface area contributed by atoms with Crippen molar-refractivity contribution in [3.63, 3.8) is 0 Å². The zero-order valence-electron chi connectivity index (χ0n) is 17.2. The lowest BCUT2D eigenvalue weighted by Crippen LogP contribution is -2.11. The van der Waals surface area contributed by atoms with Crippen LogP contribution in [0.1, 0.15) is 34.4 Å². The van der Waals surface area contributed by atoms with Crippen LogP contribution in [0, 0.1) is 13.8 Å². The Hall–Kier alpha value is -3.93. The number of rotatable bonds is 4. The second-order valence-corrected chi connectivity index (χ2v) is 7.64. The summed E-state index contributed by atoms with van der Waals surface area (Å²) in [4.78, 5) is 35.4. The third kappa shape index (κ3) is 4.19. The molecule has 2 aromatic carbocycles.